The van der Waals surface area contributed by atoms with Gasteiger partial charge in [-0.3, -0.25) is 4.79 Å². The molecule has 0 saturated heterocycles. The first kappa shape index (κ1) is 15.4. The van der Waals surface area contributed by atoms with Gasteiger partial charge >= 0.3 is 0 Å². The predicted octanol–water partition coefficient (Wildman–Crippen LogP) is 1.56. The van der Waals surface area contributed by atoms with Crippen LogP contribution >= 0.6 is 0 Å². The molecule has 4 nitrogen and oxygen atoms in total. The van der Waals surface area contributed by atoms with E-state index in [1.807, 2.05) is 0 Å². The molecule has 106 valence electrons. The van der Waals surface area contributed by atoms with E-state index in [1.54, 1.807) is 0 Å². The normalized spacial score (nSPS) is 17.9. The fourth-order valence-corrected chi connectivity index (χ4v) is 2.67. The van der Waals surface area contributed by atoms with Gasteiger partial charge in [0.25, 0.3) is 0 Å². The third kappa shape index (κ3) is 5.36. The number of unbranched alkanes of at least 4 members (excludes halogenated alkanes) is 3. The van der Waals surface area contributed by atoms with Gasteiger partial charge in [-0.15, -0.1) is 0 Å². The van der Waals surface area contributed by atoms with Crippen LogP contribution in [0.4, 0.5) is 0 Å². The Morgan fingerprint density at radius 3 is 2.44 bits per heavy atom. The van der Waals surface area contributed by atoms with Crippen LogP contribution in [0.5, 0.6) is 0 Å². The molecule has 1 amide bonds. The zero-order valence-corrected chi connectivity index (χ0v) is 11.4. The Balaban J connectivity index is 2.09. The summed E-state index contributed by atoms with van der Waals surface area (Å²) in [5.74, 6) is 0.127. The zero-order valence-electron chi connectivity index (χ0n) is 11.4. The maximum absolute atomic E-state index is 11.7. The molecule has 0 aliphatic heterocycles. The molecule has 0 aromatic carbocycles. The van der Waals surface area contributed by atoms with Crippen LogP contribution in [-0.4, -0.2) is 30.7 Å². The highest BCUT2D eigenvalue weighted by atomic mass is 16.3. The number of aliphatic hydroxyl groups is 1. The lowest BCUT2D eigenvalue weighted by atomic mass is 9.87. The predicted molar refractivity (Wildman–Crippen MR) is 73.1 cm³/mol. The lowest BCUT2D eigenvalue weighted by molar-refractivity contribution is -0.121. The van der Waals surface area contributed by atoms with Gasteiger partial charge in [-0.2, -0.15) is 0 Å². The highest BCUT2D eigenvalue weighted by Gasteiger charge is 2.33. The molecule has 0 unspecified atom stereocenters. The molecule has 4 heteroatoms. The minimum absolute atomic E-state index is 0.0325. The highest BCUT2D eigenvalue weighted by molar-refractivity contribution is 5.75. The molecule has 0 bridgehead atoms. The van der Waals surface area contributed by atoms with Crippen molar-refractivity contribution in [1.29, 1.82) is 0 Å². The van der Waals surface area contributed by atoms with Crippen LogP contribution in [0.15, 0.2) is 0 Å². The van der Waals surface area contributed by atoms with E-state index in [1.165, 1.54) is 12.8 Å². The first-order valence-corrected chi connectivity index (χ1v) is 7.30. The second kappa shape index (κ2) is 8.48. The van der Waals surface area contributed by atoms with E-state index < -0.39 is 0 Å². The molecule has 0 atom stereocenters. The standard InChI is InChI=1S/C14H28N2O2/c15-10-6-2-1-3-7-13(18)16-11-14(12-17)8-4-5-9-14/h17H,1-12,15H2,(H,16,18). The minimum Gasteiger partial charge on any atom is -0.396 e. The summed E-state index contributed by atoms with van der Waals surface area (Å²) in [6.07, 6.45) is 9.23. The number of rotatable bonds is 9. The second-order valence-electron chi connectivity index (χ2n) is 5.59. The third-order valence-corrected chi connectivity index (χ3v) is 4.02. The molecule has 1 fully saturated rings. The third-order valence-electron chi connectivity index (χ3n) is 4.02. The molecule has 0 heterocycles. The average Bonchev–Trinajstić information content (AvgIpc) is 2.86. The highest BCUT2D eigenvalue weighted by Crippen LogP contribution is 2.36. The van der Waals surface area contributed by atoms with Crippen LogP contribution in [0, 0.1) is 5.41 Å². The van der Waals surface area contributed by atoms with Gasteiger partial charge in [0.15, 0.2) is 0 Å². The van der Waals surface area contributed by atoms with Crippen molar-refractivity contribution in [2.24, 2.45) is 11.1 Å². The Kier molecular flexibility index (Phi) is 7.28. The van der Waals surface area contributed by atoms with Crippen molar-refractivity contribution < 1.29 is 9.90 Å². The van der Waals surface area contributed by atoms with Gasteiger partial charge in [0.1, 0.15) is 0 Å². The van der Waals surface area contributed by atoms with Crippen molar-refractivity contribution in [1.82, 2.24) is 5.32 Å². The average molecular weight is 256 g/mol. The summed E-state index contributed by atoms with van der Waals surface area (Å²) < 4.78 is 0. The summed E-state index contributed by atoms with van der Waals surface area (Å²) in [7, 11) is 0. The topological polar surface area (TPSA) is 75.4 Å². The van der Waals surface area contributed by atoms with E-state index in [0.29, 0.717) is 13.0 Å². The number of carbonyl (C=O) groups excluding carboxylic acids is 1. The second-order valence-corrected chi connectivity index (χ2v) is 5.59. The number of nitrogens with one attached hydrogen (secondary N) is 1. The van der Waals surface area contributed by atoms with E-state index in [0.717, 1.165) is 45.1 Å². The largest absolute Gasteiger partial charge is 0.396 e. The maximum atomic E-state index is 11.7. The quantitative estimate of drug-likeness (QED) is 0.548. The van der Waals surface area contributed by atoms with Crippen molar-refractivity contribution in [3.05, 3.63) is 0 Å². The van der Waals surface area contributed by atoms with E-state index in [4.69, 9.17) is 5.73 Å². The molecule has 1 saturated carbocycles. The lowest BCUT2D eigenvalue weighted by Gasteiger charge is -2.26. The first-order valence-electron chi connectivity index (χ1n) is 7.30. The van der Waals surface area contributed by atoms with Gasteiger partial charge in [-0.05, 0) is 32.2 Å². The molecule has 1 aliphatic rings. The zero-order chi connectivity index (χ0) is 13.3. The van der Waals surface area contributed by atoms with Crippen LogP contribution in [0.25, 0.3) is 0 Å². The lowest BCUT2D eigenvalue weighted by Crippen LogP contribution is -2.38. The van der Waals surface area contributed by atoms with Crippen LogP contribution in [0.2, 0.25) is 0 Å². The van der Waals surface area contributed by atoms with Crippen molar-refractivity contribution in [2.45, 2.75) is 57.8 Å². The van der Waals surface area contributed by atoms with E-state index in [2.05, 4.69) is 5.32 Å². The van der Waals surface area contributed by atoms with Gasteiger partial charge in [-0.1, -0.05) is 25.7 Å². The molecule has 1 rings (SSSR count). The maximum Gasteiger partial charge on any atom is 0.220 e. The number of nitrogens with two attached hydrogens (primary N) is 1. The first-order chi connectivity index (χ1) is 8.72. The van der Waals surface area contributed by atoms with Crippen molar-refractivity contribution in [2.75, 3.05) is 19.7 Å². The molecular formula is C14H28N2O2. The Labute approximate surface area is 110 Å². The van der Waals surface area contributed by atoms with Crippen LogP contribution in [0.3, 0.4) is 0 Å². The number of hydrogen-bond acceptors (Lipinski definition) is 3. The smallest absolute Gasteiger partial charge is 0.220 e. The molecule has 0 spiro atoms. The van der Waals surface area contributed by atoms with Gasteiger partial charge in [0.2, 0.25) is 5.91 Å². The molecule has 18 heavy (non-hydrogen) atoms. The van der Waals surface area contributed by atoms with Crippen LogP contribution < -0.4 is 11.1 Å². The van der Waals surface area contributed by atoms with Crippen LogP contribution in [-0.2, 0) is 4.79 Å². The Morgan fingerprint density at radius 1 is 1.17 bits per heavy atom. The molecule has 0 radical (unpaired) electrons. The molecule has 0 aromatic rings. The number of hydrogen-bond donors (Lipinski definition) is 3. The number of aliphatic hydroxyl groups excluding tert-OH is 1. The molecular weight excluding hydrogens is 228 g/mol. The summed E-state index contributed by atoms with van der Waals surface area (Å²) >= 11 is 0. The van der Waals surface area contributed by atoms with E-state index in [-0.39, 0.29) is 17.9 Å². The summed E-state index contributed by atoms with van der Waals surface area (Å²) in [5.41, 5.74) is 5.38. The van der Waals surface area contributed by atoms with Crippen LogP contribution in [0.1, 0.15) is 57.8 Å². The summed E-state index contributed by atoms with van der Waals surface area (Å²) in [5, 5.41) is 12.4. The fraction of sp³-hybridized carbons (Fsp3) is 0.929. The fourth-order valence-electron chi connectivity index (χ4n) is 2.67. The van der Waals surface area contributed by atoms with Crippen molar-refractivity contribution >= 4 is 5.91 Å². The van der Waals surface area contributed by atoms with Crippen molar-refractivity contribution in [3.63, 3.8) is 0 Å². The van der Waals surface area contributed by atoms with Gasteiger partial charge in [0.05, 0.1) is 6.61 Å². The summed E-state index contributed by atoms with van der Waals surface area (Å²) in [4.78, 5) is 11.7. The summed E-state index contributed by atoms with van der Waals surface area (Å²) in [6, 6.07) is 0. The summed E-state index contributed by atoms with van der Waals surface area (Å²) in [6.45, 7) is 1.58. The van der Waals surface area contributed by atoms with E-state index in [9.17, 15) is 9.90 Å². The molecule has 1 aliphatic carbocycles. The van der Waals surface area contributed by atoms with E-state index >= 15 is 0 Å². The van der Waals surface area contributed by atoms with Crippen molar-refractivity contribution in [3.8, 4) is 0 Å². The SMILES string of the molecule is NCCCCCCC(=O)NCC1(CO)CCCC1. The number of carbonyl (C=O) groups is 1. The molecule has 4 N–H and O–H groups in total. The number of amides is 1. The molecule has 0 aromatic heterocycles. The monoisotopic (exact) mass is 256 g/mol. The van der Waals surface area contributed by atoms with Gasteiger partial charge in [0, 0.05) is 18.4 Å². The van der Waals surface area contributed by atoms with Gasteiger partial charge < -0.3 is 16.2 Å². The Bertz CT molecular complexity index is 238. The minimum atomic E-state index is -0.0325. The van der Waals surface area contributed by atoms with Gasteiger partial charge in [-0.25, -0.2) is 0 Å². The Morgan fingerprint density at radius 2 is 1.83 bits per heavy atom. The Hall–Kier alpha value is -0.610.